The van der Waals surface area contributed by atoms with E-state index in [4.69, 9.17) is 0 Å². The summed E-state index contributed by atoms with van der Waals surface area (Å²) in [4.78, 5) is 4.26. The molecule has 1 saturated carbocycles. The van der Waals surface area contributed by atoms with E-state index in [9.17, 15) is 5.26 Å². The number of hydrogen-bond donors (Lipinski definition) is 2. The molecule has 1 aliphatic rings. The van der Waals surface area contributed by atoms with Crippen LogP contribution in [0.5, 0.6) is 0 Å². The lowest BCUT2D eigenvalue weighted by atomic mass is 9.92. The van der Waals surface area contributed by atoms with Crippen LogP contribution in [-0.2, 0) is 0 Å². The molecule has 1 unspecified atom stereocenters. The normalized spacial score (nSPS) is 17.9. The molecule has 1 heterocycles. The second-order valence-corrected chi connectivity index (χ2v) is 6.18. The number of aromatic amines is 1. The van der Waals surface area contributed by atoms with Gasteiger partial charge in [0.25, 0.3) is 0 Å². The summed E-state index contributed by atoms with van der Waals surface area (Å²) >= 11 is 1.65. The fourth-order valence-electron chi connectivity index (χ4n) is 2.06. The van der Waals surface area contributed by atoms with Gasteiger partial charge in [0.05, 0.1) is 6.07 Å². The van der Waals surface area contributed by atoms with Gasteiger partial charge in [0.2, 0.25) is 5.16 Å². The minimum atomic E-state index is -0.337. The summed E-state index contributed by atoms with van der Waals surface area (Å²) in [5.41, 5.74) is -0.337. The van der Waals surface area contributed by atoms with E-state index in [0.29, 0.717) is 6.04 Å². The average molecular weight is 279 g/mol. The molecule has 0 aliphatic heterocycles. The third-order valence-corrected chi connectivity index (χ3v) is 4.36. The number of nitriles is 1. The number of aryl methyl sites for hydroxylation is 1. The Morgan fingerprint density at radius 1 is 1.58 bits per heavy atom. The van der Waals surface area contributed by atoms with Crippen molar-refractivity contribution in [2.24, 2.45) is 0 Å². The van der Waals surface area contributed by atoms with Crippen LogP contribution in [0.15, 0.2) is 5.16 Å². The Morgan fingerprint density at radius 3 is 2.89 bits per heavy atom. The van der Waals surface area contributed by atoms with Crippen LogP contribution in [0.3, 0.4) is 0 Å². The maximum atomic E-state index is 9.42. The van der Waals surface area contributed by atoms with E-state index in [2.05, 4.69) is 33.5 Å². The molecule has 1 atom stereocenters. The zero-order chi connectivity index (χ0) is 13.7. The van der Waals surface area contributed by atoms with Gasteiger partial charge in [0.15, 0.2) is 0 Å². The maximum Gasteiger partial charge on any atom is 0.208 e. The van der Waals surface area contributed by atoms with Crippen LogP contribution in [-0.4, -0.2) is 32.5 Å². The highest BCUT2D eigenvalue weighted by molar-refractivity contribution is 7.99. The molecule has 0 aromatic carbocycles. The number of hydrogen-bond acceptors (Lipinski definition) is 5. The highest BCUT2D eigenvalue weighted by atomic mass is 32.2. The van der Waals surface area contributed by atoms with E-state index in [1.165, 1.54) is 12.8 Å². The van der Waals surface area contributed by atoms with Gasteiger partial charge in [-0.2, -0.15) is 5.26 Å². The Labute approximate surface area is 118 Å². The summed E-state index contributed by atoms with van der Waals surface area (Å²) < 4.78 is 0. The summed E-state index contributed by atoms with van der Waals surface area (Å²) in [6, 6.07) is 3.05. The number of nitrogens with zero attached hydrogens (tertiary/aromatic N) is 3. The fraction of sp³-hybridized carbons (Fsp3) is 0.769. The summed E-state index contributed by atoms with van der Waals surface area (Å²) in [5, 5.41) is 20.7. The summed E-state index contributed by atoms with van der Waals surface area (Å²) in [6.45, 7) is 3.98. The molecular formula is C13H21N5S. The van der Waals surface area contributed by atoms with Crippen LogP contribution < -0.4 is 5.32 Å². The SMILES string of the molecule is CCC(C#N)(CCCSc1n[nH]c(C)n1)NC1CC1. The third-order valence-electron chi connectivity index (χ3n) is 3.43. The molecule has 1 aliphatic carbocycles. The van der Waals surface area contributed by atoms with E-state index in [0.717, 1.165) is 36.0 Å². The Bertz CT molecular complexity index is 448. The minimum Gasteiger partial charge on any atom is -0.297 e. The zero-order valence-electron chi connectivity index (χ0n) is 11.6. The molecule has 6 heteroatoms. The van der Waals surface area contributed by atoms with Gasteiger partial charge in [-0.05, 0) is 39.0 Å². The topological polar surface area (TPSA) is 77.4 Å². The molecule has 2 N–H and O–H groups in total. The molecular weight excluding hydrogens is 258 g/mol. The van der Waals surface area contributed by atoms with Crippen LogP contribution >= 0.6 is 11.8 Å². The fourth-order valence-corrected chi connectivity index (χ4v) is 2.84. The van der Waals surface area contributed by atoms with Gasteiger partial charge >= 0.3 is 0 Å². The van der Waals surface area contributed by atoms with Gasteiger partial charge in [0, 0.05) is 11.8 Å². The maximum absolute atomic E-state index is 9.42. The standard InChI is InChI=1S/C13H21N5S/c1-3-13(9-14,16-11-5-6-11)7-4-8-19-12-15-10(2)17-18-12/h11,16H,3-8H2,1-2H3,(H,15,17,18). The molecule has 0 radical (unpaired) electrons. The molecule has 0 saturated heterocycles. The number of H-pyrrole nitrogens is 1. The van der Waals surface area contributed by atoms with Crippen LogP contribution in [0, 0.1) is 18.3 Å². The molecule has 0 bridgehead atoms. The van der Waals surface area contributed by atoms with Crippen molar-refractivity contribution in [3.05, 3.63) is 5.82 Å². The second kappa shape index (κ2) is 6.40. The summed E-state index contributed by atoms with van der Waals surface area (Å²) in [6.07, 6.45) is 5.19. The van der Waals surface area contributed by atoms with E-state index in [-0.39, 0.29) is 5.54 Å². The zero-order valence-corrected chi connectivity index (χ0v) is 12.4. The number of thioether (sulfide) groups is 1. The lowest BCUT2D eigenvalue weighted by Gasteiger charge is -2.26. The summed E-state index contributed by atoms with van der Waals surface area (Å²) in [7, 11) is 0. The van der Waals surface area contributed by atoms with Crippen molar-refractivity contribution in [1.29, 1.82) is 5.26 Å². The van der Waals surface area contributed by atoms with E-state index in [1.807, 2.05) is 6.92 Å². The van der Waals surface area contributed by atoms with Gasteiger partial charge in [0.1, 0.15) is 11.4 Å². The van der Waals surface area contributed by atoms with Crippen molar-refractivity contribution >= 4 is 11.8 Å². The largest absolute Gasteiger partial charge is 0.297 e. The molecule has 104 valence electrons. The molecule has 19 heavy (non-hydrogen) atoms. The van der Waals surface area contributed by atoms with Gasteiger partial charge in [-0.3, -0.25) is 10.4 Å². The Balaban J connectivity index is 1.74. The predicted molar refractivity (Wildman–Crippen MR) is 75.9 cm³/mol. The first-order chi connectivity index (χ1) is 9.17. The lowest BCUT2D eigenvalue weighted by molar-refractivity contribution is 0.367. The third kappa shape index (κ3) is 4.22. The van der Waals surface area contributed by atoms with E-state index >= 15 is 0 Å². The first-order valence-electron chi connectivity index (χ1n) is 6.88. The quantitative estimate of drug-likeness (QED) is 0.564. The van der Waals surface area contributed by atoms with Crippen molar-refractivity contribution in [1.82, 2.24) is 20.5 Å². The summed E-state index contributed by atoms with van der Waals surface area (Å²) in [5.74, 6) is 1.80. The van der Waals surface area contributed by atoms with Crippen LogP contribution in [0.2, 0.25) is 0 Å². The number of rotatable bonds is 8. The van der Waals surface area contributed by atoms with Crippen molar-refractivity contribution in [2.45, 2.75) is 62.7 Å². The predicted octanol–water partition coefficient (Wildman–Crippen LogP) is 2.41. The van der Waals surface area contributed by atoms with E-state index < -0.39 is 0 Å². The molecule has 1 fully saturated rings. The second-order valence-electron chi connectivity index (χ2n) is 5.12. The molecule has 1 aromatic heterocycles. The Morgan fingerprint density at radius 2 is 2.37 bits per heavy atom. The highest BCUT2D eigenvalue weighted by Gasteiger charge is 2.34. The van der Waals surface area contributed by atoms with Gasteiger partial charge in [-0.25, -0.2) is 4.98 Å². The van der Waals surface area contributed by atoms with E-state index in [1.54, 1.807) is 11.8 Å². The highest BCUT2D eigenvalue weighted by Crippen LogP contribution is 2.27. The molecule has 0 spiro atoms. The lowest BCUT2D eigenvalue weighted by Crippen LogP contribution is -2.44. The Hall–Kier alpha value is -1.06. The van der Waals surface area contributed by atoms with Crippen molar-refractivity contribution in [2.75, 3.05) is 5.75 Å². The van der Waals surface area contributed by atoms with Crippen molar-refractivity contribution in [3.63, 3.8) is 0 Å². The number of aromatic nitrogens is 3. The smallest absolute Gasteiger partial charge is 0.208 e. The van der Waals surface area contributed by atoms with Crippen molar-refractivity contribution in [3.8, 4) is 6.07 Å². The van der Waals surface area contributed by atoms with Gasteiger partial charge in [-0.15, -0.1) is 5.10 Å². The first kappa shape index (κ1) is 14.4. The van der Waals surface area contributed by atoms with Gasteiger partial charge < -0.3 is 0 Å². The number of nitrogens with one attached hydrogen (secondary N) is 2. The van der Waals surface area contributed by atoms with Crippen LogP contribution in [0.4, 0.5) is 0 Å². The Kier molecular flexibility index (Phi) is 4.83. The monoisotopic (exact) mass is 279 g/mol. The molecule has 0 amide bonds. The molecule has 5 nitrogen and oxygen atoms in total. The van der Waals surface area contributed by atoms with Gasteiger partial charge in [-0.1, -0.05) is 18.7 Å². The average Bonchev–Trinajstić information content (AvgIpc) is 3.14. The van der Waals surface area contributed by atoms with Crippen molar-refractivity contribution < 1.29 is 0 Å². The minimum absolute atomic E-state index is 0.337. The molecule has 1 aromatic rings. The molecule has 2 rings (SSSR count). The van der Waals surface area contributed by atoms with Crippen LogP contribution in [0.25, 0.3) is 0 Å². The first-order valence-corrected chi connectivity index (χ1v) is 7.87. The van der Waals surface area contributed by atoms with Crippen LogP contribution in [0.1, 0.15) is 44.9 Å².